The summed E-state index contributed by atoms with van der Waals surface area (Å²) in [5, 5.41) is 14.3. The molecule has 1 heterocycles. The smallest absolute Gasteiger partial charge is 0.272 e. The Kier molecular flexibility index (Phi) is 5.04. The molecule has 8 nitrogen and oxygen atoms in total. The van der Waals surface area contributed by atoms with Crippen LogP contribution in [0.1, 0.15) is 21.7 Å². The molecule has 4 rings (SSSR count). The molecule has 8 heteroatoms. The molecule has 1 aromatic heterocycles. The van der Waals surface area contributed by atoms with Gasteiger partial charge in [0.05, 0.1) is 21.5 Å². The molecule has 154 valence electrons. The number of aryl methyl sites for hydroxylation is 2. The van der Waals surface area contributed by atoms with Crippen LogP contribution in [0.2, 0.25) is 0 Å². The third kappa shape index (κ3) is 3.78. The van der Waals surface area contributed by atoms with Crippen LogP contribution in [0.4, 0.5) is 11.4 Å². The molecule has 0 fully saturated rings. The molecule has 0 aliphatic carbocycles. The zero-order valence-corrected chi connectivity index (χ0v) is 16.8. The minimum Gasteiger partial charge on any atom is -0.322 e. The van der Waals surface area contributed by atoms with Crippen molar-refractivity contribution in [3.8, 4) is 5.69 Å². The fourth-order valence-electron chi connectivity index (χ4n) is 3.48. The second-order valence-electron chi connectivity index (χ2n) is 7.08. The summed E-state index contributed by atoms with van der Waals surface area (Å²) >= 11 is 0. The summed E-state index contributed by atoms with van der Waals surface area (Å²) in [7, 11) is 0. The van der Waals surface area contributed by atoms with Gasteiger partial charge in [-0.2, -0.15) is 0 Å². The van der Waals surface area contributed by atoms with Gasteiger partial charge in [-0.25, -0.2) is 4.98 Å². The molecule has 1 N–H and O–H groups in total. The Morgan fingerprint density at radius 1 is 1.03 bits per heavy atom. The molecule has 3 aromatic carbocycles. The Labute approximate surface area is 176 Å². The van der Waals surface area contributed by atoms with Crippen molar-refractivity contribution in [3.05, 3.63) is 104 Å². The molecule has 0 radical (unpaired) electrons. The first kappa shape index (κ1) is 20.0. The molecule has 0 aliphatic heterocycles. The SMILES string of the molecule is Cc1cc(C(=O)Nc2cccc(-n3c(C)nc4ccccc4c3=O)c2)ccc1[N+](=O)[O-]. The maximum atomic E-state index is 13.0. The predicted octanol–water partition coefficient (Wildman–Crippen LogP) is 4.16. The average Bonchev–Trinajstić information content (AvgIpc) is 2.73. The first-order valence-electron chi connectivity index (χ1n) is 9.50. The summed E-state index contributed by atoms with van der Waals surface area (Å²) in [5.74, 6) is 0.119. The number of para-hydroxylation sites is 1. The Morgan fingerprint density at radius 2 is 1.81 bits per heavy atom. The van der Waals surface area contributed by atoms with Gasteiger partial charge in [-0.05, 0) is 56.3 Å². The number of nitro benzene ring substituents is 1. The number of nitrogens with zero attached hydrogens (tertiary/aromatic N) is 3. The van der Waals surface area contributed by atoms with Gasteiger partial charge in [-0.1, -0.05) is 18.2 Å². The number of aromatic nitrogens is 2. The van der Waals surface area contributed by atoms with E-state index in [2.05, 4.69) is 10.3 Å². The lowest BCUT2D eigenvalue weighted by atomic mass is 10.1. The highest BCUT2D eigenvalue weighted by Crippen LogP contribution is 2.21. The van der Waals surface area contributed by atoms with Crippen molar-refractivity contribution in [2.45, 2.75) is 13.8 Å². The fraction of sp³-hybridized carbons (Fsp3) is 0.0870. The van der Waals surface area contributed by atoms with E-state index in [1.165, 1.54) is 22.8 Å². The summed E-state index contributed by atoms with van der Waals surface area (Å²) in [6.07, 6.45) is 0. The molecule has 31 heavy (non-hydrogen) atoms. The molecule has 1 amide bonds. The van der Waals surface area contributed by atoms with Crippen molar-refractivity contribution in [1.29, 1.82) is 0 Å². The molecule has 0 spiro atoms. The van der Waals surface area contributed by atoms with Gasteiger partial charge in [0.25, 0.3) is 17.2 Å². The first-order valence-corrected chi connectivity index (χ1v) is 9.50. The van der Waals surface area contributed by atoms with Crippen LogP contribution in [0.25, 0.3) is 16.6 Å². The molecule has 4 aromatic rings. The van der Waals surface area contributed by atoms with E-state index in [0.717, 1.165) is 0 Å². The highest BCUT2D eigenvalue weighted by atomic mass is 16.6. The number of anilines is 1. The minimum atomic E-state index is -0.488. The van der Waals surface area contributed by atoms with E-state index in [-0.39, 0.29) is 11.2 Å². The highest BCUT2D eigenvalue weighted by Gasteiger charge is 2.15. The van der Waals surface area contributed by atoms with Crippen LogP contribution in [0.5, 0.6) is 0 Å². The van der Waals surface area contributed by atoms with Crippen LogP contribution in [0, 0.1) is 24.0 Å². The van der Waals surface area contributed by atoms with Crippen molar-refractivity contribution in [3.63, 3.8) is 0 Å². The maximum absolute atomic E-state index is 13.0. The summed E-state index contributed by atoms with van der Waals surface area (Å²) in [6.45, 7) is 3.33. The monoisotopic (exact) mass is 414 g/mol. The van der Waals surface area contributed by atoms with Crippen LogP contribution >= 0.6 is 0 Å². The normalized spacial score (nSPS) is 10.8. The standard InChI is InChI=1S/C23H18N4O4/c1-14-12-16(10-11-21(14)27(30)31)22(28)25-17-6-5-7-18(13-17)26-15(2)24-20-9-4-3-8-19(20)23(26)29/h3-13H,1-2H3,(H,25,28). The zero-order chi connectivity index (χ0) is 22.1. The topological polar surface area (TPSA) is 107 Å². The van der Waals surface area contributed by atoms with Gasteiger partial charge in [-0.15, -0.1) is 0 Å². The number of nitro groups is 1. The second kappa shape index (κ2) is 7.83. The molecule has 0 aliphatic rings. The number of hydrogen-bond donors (Lipinski definition) is 1. The number of rotatable bonds is 4. The van der Waals surface area contributed by atoms with Crippen molar-refractivity contribution >= 4 is 28.2 Å². The number of fused-ring (bicyclic) bond motifs is 1. The van der Waals surface area contributed by atoms with E-state index in [1.54, 1.807) is 56.3 Å². The van der Waals surface area contributed by atoms with Gasteiger partial charge >= 0.3 is 0 Å². The number of carbonyl (C=O) groups excluding carboxylic acids is 1. The second-order valence-corrected chi connectivity index (χ2v) is 7.08. The van der Waals surface area contributed by atoms with E-state index in [4.69, 9.17) is 0 Å². The summed E-state index contributed by atoms with van der Waals surface area (Å²) in [6, 6.07) is 18.2. The van der Waals surface area contributed by atoms with Crippen LogP contribution in [0.3, 0.4) is 0 Å². The first-order chi connectivity index (χ1) is 14.8. The van der Waals surface area contributed by atoms with Gasteiger partial charge in [-0.3, -0.25) is 24.3 Å². The lowest BCUT2D eigenvalue weighted by molar-refractivity contribution is -0.385. The molecule has 0 unspecified atom stereocenters. The number of hydrogen-bond acceptors (Lipinski definition) is 5. The number of nitrogens with one attached hydrogen (secondary N) is 1. The van der Waals surface area contributed by atoms with Crippen molar-refractivity contribution in [1.82, 2.24) is 9.55 Å². The van der Waals surface area contributed by atoms with E-state index in [0.29, 0.717) is 39.2 Å². The average molecular weight is 414 g/mol. The van der Waals surface area contributed by atoms with Crippen LogP contribution in [-0.4, -0.2) is 20.4 Å². The predicted molar refractivity (Wildman–Crippen MR) is 118 cm³/mol. The van der Waals surface area contributed by atoms with E-state index in [1.807, 2.05) is 6.07 Å². The molecular formula is C23H18N4O4. The zero-order valence-electron chi connectivity index (χ0n) is 16.8. The third-order valence-corrected chi connectivity index (χ3v) is 4.96. The summed E-state index contributed by atoms with van der Waals surface area (Å²) in [4.78, 5) is 40.6. The molecule has 0 atom stereocenters. The summed E-state index contributed by atoms with van der Waals surface area (Å²) < 4.78 is 1.49. The summed E-state index contributed by atoms with van der Waals surface area (Å²) in [5.41, 5.74) is 2.13. The van der Waals surface area contributed by atoms with E-state index < -0.39 is 10.8 Å². The van der Waals surface area contributed by atoms with Gasteiger partial charge in [0.2, 0.25) is 0 Å². The number of benzene rings is 3. The molecule has 0 saturated heterocycles. The lowest BCUT2D eigenvalue weighted by Gasteiger charge is -2.13. The van der Waals surface area contributed by atoms with E-state index in [9.17, 15) is 19.7 Å². The van der Waals surface area contributed by atoms with Gasteiger partial charge in [0.1, 0.15) is 5.82 Å². The van der Waals surface area contributed by atoms with Crippen molar-refractivity contribution in [2.75, 3.05) is 5.32 Å². The third-order valence-electron chi connectivity index (χ3n) is 4.96. The van der Waals surface area contributed by atoms with Crippen LogP contribution in [0.15, 0.2) is 71.5 Å². The molecule has 0 saturated carbocycles. The molecular weight excluding hydrogens is 396 g/mol. The molecule has 0 bridgehead atoms. The van der Waals surface area contributed by atoms with Crippen molar-refractivity contribution in [2.24, 2.45) is 0 Å². The lowest BCUT2D eigenvalue weighted by Crippen LogP contribution is -2.22. The Morgan fingerprint density at radius 3 is 2.55 bits per heavy atom. The quantitative estimate of drug-likeness (QED) is 0.398. The Hall–Kier alpha value is -4.33. The van der Waals surface area contributed by atoms with E-state index >= 15 is 0 Å². The van der Waals surface area contributed by atoms with Crippen LogP contribution < -0.4 is 10.9 Å². The highest BCUT2D eigenvalue weighted by molar-refractivity contribution is 6.04. The van der Waals surface area contributed by atoms with Gasteiger partial charge in [0.15, 0.2) is 0 Å². The minimum absolute atomic E-state index is 0.0443. The van der Waals surface area contributed by atoms with Gasteiger partial charge in [0, 0.05) is 22.9 Å². The Bertz CT molecular complexity index is 1410. The largest absolute Gasteiger partial charge is 0.322 e. The number of amides is 1. The van der Waals surface area contributed by atoms with Crippen LogP contribution in [-0.2, 0) is 0 Å². The number of carbonyl (C=O) groups is 1. The van der Waals surface area contributed by atoms with Gasteiger partial charge < -0.3 is 5.32 Å². The fourth-order valence-corrected chi connectivity index (χ4v) is 3.48. The Balaban J connectivity index is 1.68. The van der Waals surface area contributed by atoms with Crippen molar-refractivity contribution < 1.29 is 9.72 Å². The maximum Gasteiger partial charge on any atom is 0.272 e.